The summed E-state index contributed by atoms with van der Waals surface area (Å²) in [7, 11) is 0. The van der Waals surface area contributed by atoms with Crippen molar-refractivity contribution in [1.29, 1.82) is 0 Å². The SMILES string of the molecule is CC1CN(C(=O)NC2CC(=O)N(c3ccc(F)cc3)C2)CC(C)O1. The van der Waals surface area contributed by atoms with E-state index >= 15 is 0 Å². The van der Waals surface area contributed by atoms with Crippen molar-refractivity contribution in [3.05, 3.63) is 30.1 Å². The Kier molecular flexibility index (Phi) is 4.71. The Labute approximate surface area is 140 Å². The van der Waals surface area contributed by atoms with Gasteiger partial charge < -0.3 is 19.9 Å². The van der Waals surface area contributed by atoms with Gasteiger partial charge in [0.15, 0.2) is 0 Å². The average molecular weight is 335 g/mol. The van der Waals surface area contributed by atoms with Crippen LogP contribution in [0.2, 0.25) is 0 Å². The number of morpholine rings is 1. The van der Waals surface area contributed by atoms with Crippen LogP contribution in [0.25, 0.3) is 0 Å². The van der Waals surface area contributed by atoms with Crippen LogP contribution < -0.4 is 10.2 Å². The molecular weight excluding hydrogens is 313 g/mol. The Morgan fingerprint density at radius 3 is 2.42 bits per heavy atom. The largest absolute Gasteiger partial charge is 0.372 e. The molecule has 2 heterocycles. The van der Waals surface area contributed by atoms with E-state index in [2.05, 4.69) is 5.32 Å². The molecule has 1 aromatic carbocycles. The highest BCUT2D eigenvalue weighted by Crippen LogP contribution is 2.22. The Morgan fingerprint density at radius 1 is 1.17 bits per heavy atom. The summed E-state index contributed by atoms with van der Waals surface area (Å²) in [4.78, 5) is 27.9. The minimum Gasteiger partial charge on any atom is -0.372 e. The minimum absolute atomic E-state index is 0.000392. The third-order valence-corrected chi connectivity index (χ3v) is 4.30. The van der Waals surface area contributed by atoms with Gasteiger partial charge in [-0.2, -0.15) is 0 Å². The number of amides is 3. The Bertz CT molecular complexity index is 612. The standard InChI is InChI=1S/C17H22FN3O3/c1-11-8-20(9-12(2)24-11)17(23)19-14-7-16(22)21(10-14)15-5-3-13(18)4-6-15/h3-6,11-12,14H,7-10H2,1-2H3,(H,19,23). The number of halogens is 1. The van der Waals surface area contributed by atoms with E-state index < -0.39 is 0 Å². The van der Waals surface area contributed by atoms with Crippen LogP contribution in [0.3, 0.4) is 0 Å². The first kappa shape index (κ1) is 16.7. The number of nitrogens with zero attached hydrogens (tertiary/aromatic N) is 2. The van der Waals surface area contributed by atoms with Crippen molar-refractivity contribution >= 4 is 17.6 Å². The molecule has 3 amide bonds. The molecule has 7 heteroatoms. The molecule has 0 saturated carbocycles. The van der Waals surface area contributed by atoms with Crippen LogP contribution in [0.15, 0.2) is 24.3 Å². The Balaban J connectivity index is 1.59. The molecule has 0 radical (unpaired) electrons. The van der Waals surface area contributed by atoms with Gasteiger partial charge in [-0.05, 0) is 38.1 Å². The van der Waals surface area contributed by atoms with Gasteiger partial charge in [-0.25, -0.2) is 9.18 Å². The topological polar surface area (TPSA) is 61.9 Å². The smallest absolute Gasteiger partial charge is 0.317 e. The lowest BCUT2D eigenvalue weighted by Gasteiger charge is -2.35. The number of ether oxygens (including phenoxy) is 1. The summed E-state index contributed by atoms with van der Waals surface area (Å²) >= 11 is 0. The van der Waals surface area contributed by atoms with Crippen molar-refractivity contribution in [1.82, 2.24) is 10.2 Å². The maximum Gasteiger partial charge on any atom is 0.317 e. The summed E-state index contributed by atoms with van der Waals surface area (Å²) in [6.07, 6.45) is 0.249. The average Bonchev–Trinajstić information content (AvgIpc) is 2.87. The van der Waals surface area contributed by atoms with Gasteiger partial charge >= 0.3 is 6.03 Å². The maximum absolute atomic E-state index is 13.0. The van der Waals surface area contributed by atoms with Gasteiger partial charge in [0.05, 0.1) is 18.2 Å². The highest BCUT2D eigenvalue weighted by molar-refractivity contribution is 5.96. The molecule has 3 atom stereocenters. The number of hydrogen-bond acceptors (Lipinski definition) is 3. The normalized spacial score (nSPS) is 27.5. The first-order chi connectivity index (χ1) is 11.4. The molecule has 6 nitrogen and oxygen atoms in total. The van der Waals surface area contributed by atoms with Gasteiger partial charge in [-0.15, -0.1) is 0 Å². The van der Waals surface area contributed by atoms with Crippen molar-refractivity contribution < 1.29 is 18.7 Å². The molecule has 24 heavy (non-hydrogen) atoms. The van der Waals surface area contributed by atoms with Crippen LogP contribution >= 0.6 is 0 Å². The molecule has 130 valence electrons. The molecule has 2 aliphatic heterocycles. The fraction of sp³-hybridized carbons (Fsp3) is 0.529. The number of urea groups is 1. The van der Waals surface area contributed by atoms with Crippen LogP contribution in [-0.2, 0) is 9.53 Å². The van der Waals surface area contributed by atoms with Crippen LogP contribution in [-0.4, -0.2) is 54.7 Å². The molecule has 2 fully saturated rings. The molecule has 0 bridgehead atoms. The maximum atomic E-state index is 13.0. The van der Waals surface area contributed by atoms with E-state index in [0.717, 1.165) is 0 Å². The van der Waals surface area contributed by atoms with Gasteiger partial charge in [-0.1, -0.05) is 0 Å². The minimum atomic E-state index is -0.342. The van der Waals surface area contributed by atoms with Crippen LogP contribution in [0, 0.1) is 5.82 Å². The lowest BCUT2D eigenvalue weighted by molar-refractivity contribution is -0.117. The number of carbonyl (C=O) groups excluding carboxylic acids is 2. The Hall–Kier alpha value is -2.15. The number of benzene rings is 1. The molecular formula is C17H22FN3O3. The quantitative estimate of drug-likeness (QED) is 0.896. The molecule has 0 spiro atoms. The van der Waals surface area contributed by atoms with Crippen LogP contribution in [0.5, 0.6) is 0 Å². The highest BCUT2D eigenvalue weighted by Gasteiger charge is 2.33. The second-order valence-electron chi connectivity index (χ2n) is 6.49. The fourth-order valence-corrected chi connectivity index (χ4v) is 3.28. The van der Waals surface area contributed by atoms with E-state index in [9.17, 15) is 14.0 Å². The van der Waals surface area contributed by atoms with Crippen LogP contribution in [0.4, 0.5) is 14.9 Å². The van der Waals surface area contributed by atoms with Crippen molar-refractivity contribution in [3.63, 3.8) is 0 Å². The first-order valence-corrected chi connectivity index (χ1v) is 8.19. The molecule has 3 rings (SSSR count). The summed E-state index contributed by atoms with van der Waals surface area (Å²) < 4.78 is 18.6. The van der Waals surface area contributed by atoms with Crippen LogP contribution in [0.1, 0.15) is 20.3 Å². The third-order valence-electron chi connectivity index (χ3n) is 4.30. The summed E-state index contributed by atoms with van der Waals surface area (Å²) in [5, 5.41) is 2.93. The van der Waals surface area contributed by atoms with E-state index in [1.165, 1.54) is 12.1 Å². The molecule has 2 saturated heterocycles. The summed E-state index contributed by atoms with van der Waals surface area (Å²) in [6, 6.07) is 5.38. The second-order valence-corrected chi connectivity index (χ2v) is 6.49. The van der Waals surface area contributed by atoms with Gasteiger partial charge in [0.25, 0.3) is 0 Å². The van der Waals surface area contributed by atoms with Crippen molar-refractivity contribution in [2.24, 2.45) is 0 Å². The van der Waals surface area contributed by atoms with E-state index in [0.29, 0.717) is 25.3 Å². The molecule has 2 aliphatic rings. The van der Waals surface area contributed by atoms with E-state index in [-0.39, 0.29) is 42.4 Å². The summed E-state index contributed by atoms with van der Waals surface area (Å²) in [5.74, 6) is -0.415. The highest BCUT2D eigenvalue weighted by atomic mass is 19.1. The summed E-state index contributed by atoms with van der Waals surface area (Å²) in [5.41, 5.74) is 0.645. The third kappa shape index (κ3) is 3.67. The number of carbonyl (C=O) groups is 2. The number of rotatable bonds is 2. The van der Waals surface area contributed by atoms with Gasteiger partial charge in [0.1, 0.15) is 5.82 Å². The molecule has 1 aromatic rings. The van der Waals surface area contributed by atoms with E-state index in [1.54, 1.807) is 21.9 Å². The lowest BCUT2D eigenvalue weighted by atomic mass is 10.2. The molecule has 0 aliphatic carbocycles. The predicted octanol–water partition coefficient (Wildman–Crippen LogP) is 1.75. The van der Waals surface area contributed by atoms with Gasteiger partial charge in [0, 0.05) is 31.7 Å². The molecule has 1 N–H and O–H groups in total. The zero-order valence-corrected chi connectivity index (χ0v) is 13.9. The fourth-order valence-electron chi connectivity index (χ4n) is 3.28. The predicted molar refractivity (Wildman–Crippen MR) is 87.3 cm³/mol. The van der Waals surface area contributed by atoms with Crippen molar-refractivity contribution in [2.45, 2.75) is 38.5 Å². The number of hydrogen-bond donors (Lipinski definition) is 1. The number of nitrogens with one attached hydrogen (secondary N) is 1. The Morgan fingerprint density at radius 2 is 1.79 bits per heavy atom. The lowest BCUT2D eigenvalue weighted by Crippen LogP contribution is -2.53. The van der Waals surface area contributed by atoms with E-state index in [4.69, 9.17) is 4.74 Å². The zero-order chi connectivity index (χ0) is 17.3. The van der Waals surface area contributed by atoms with Gasteiger partial charge in [-0.3, -0.25) is 4.79 Å². The second kappa shape index (κ2) is 6.76. The molecule has 0 aromatic heterocycles. The van der Waals surface area contributed by atoms with Gasteiger partial charge in [0.2, 0.25) is 5.91 Å². The van der Waals surface area contributed by atoms with E-state index in [1.807, 2.05) is 13.8 Å². The zero-order valence-electron chi connectivity index (χ0n) is 13.9. The van der Waals surface area contributed by atoms with Crippen molar-refractivity contribution in [3.8, 4) is 0 Å². The van der Waals surface area contributed by atoms with Crippen molar-refractivity contribution in [2.75, 3.05) is 24.5 Å². The number of anilines is 1. The molecule has 3 unspecified atom stereocenters. The first-order valence-electron chi connectivity index (χ1n) is 8.19. The monoisotopic (exact) mass is 335 g/mol. The summed E-state index contributed by atoms with van der Waals surface area (Å²) in [6.45, 7) is 5.35.